The molecule has 1 saturated carbocycles. The Morgan fingerprint density at radius 1 is 1.17 bits per heavy atom. The first-order valence-corrected chi connectivity index (χ1v) is 8.60. The highest BCUT2D eigenvalue weighted by Crippen LogP contribution is 2.18. The van der Waals surface area contributed by atoms with Crippen molar-refractivity contribution in [3.05, 3.63) is 0 Å². The van der Waals surface area contributed by atoms with Gasteiger partial charge in [0, 0.05) is 18.5 Å². The number of amides is 1. The zero-order chi connectivity index (χ0) is 13.0. The number of hydrogen-bond donors (Lipinski definition) is 2. The monoisotopic (exact) mass is 274 g/mol. The molecule has 0 aromatic heterocycles. The predicted molar refractivity (Wildman–Crippen MR) is 70.1 cm³/mol. The average molecular weight is 274 g/mol. The van der Waals surface area contributed by atoms with E-state index < -0.39 is 9.84 Å². The molecule has 2 N–H and O–H groups in total. The molecule has 0 radical (unpaired) electrons. The number of carbonyl (C=O) groups is 1. The fourth-order valence-corrected chi connectivity index (χ4v) is 3.94. The zero-order valence-corrected chi connectivity index (χ0v) is 11.5. The third kappa shape index (κ3) is 4.94. The minimum absolute atomic E-state index is 0.0789. The lowest BCUT2D eigenvalue weighted by atomic mass is 10.2. The summed E-state index contributed by atoms with van der Waals surface area (Å²) in [6, 6.07) is 0.504. The maximum atomic E-state index is 11.4. The number of sulfone groups is 1. The van der Waals surface area contributed by atoms with Gasteiger partial charge < -0.3 is 10.6 Å². The molecule has 6 heteroatoms. The molecule has 1 heterocycles. The maximum Gasteiger partial charge on any atom is 0.220 e. The van der Waals surface area contributed by atoms with Crippen molar-refractivity contribution in [2.24, 2.45) is 0 Å². The van der Waals surface area contributed by atoms with Gasteiger partial charge in [0.1, 0.15) is 0 Å². The first kappa shape index (κ1) is 13.8. The molecule has 1 unspecified atom stereocenters. The van der Waals surface area contributed by atoms with E-state index in [0.29, 0.717) is 18.2 Å². The fourth-order valence-electron chi connectivity index (χ4n) is 2.27. The Kier molecular flexibility index (Phi) is 4.61. The van der Waals surface area contributed by atoms with Crippen molar-refractivity contribution in [3.63, 3.8) is 0 Å². The highest BCUT2D eigenvalue weighted by atomic mass is 32.2. The molecule has 0 aromatic rings. The summed E-state index contributed by atoms with van der Waals surface area (Å²) in [4.78, 5) is 11.4. The Balaban J connectivity index is 1.55. The Hall–Kier alpha value is -0.620. The number of carbonyl (C=O) groups excluding carboxylic acids is 1. The molecule has 1 amide bonds. The standard InChI is InChI=1S/C12H22N2O3S/c15-12(14-10-5-6-10)4-1-7-13-11-3-2-8-18(16,17)9-11/h10-11,13H,1-9H2,(H,14,15). The zero-order valence-electron chi connectivity index (χ0n) is 10.7. The lowest BCUT2D eigenvalue weighted by molar-refractivity contribution is -0.121. The molecule has 1 atom stereocenters. The summed E-state index contributed by atoms with van der Waals surface area (Å²) < 4.78 is 22.9. The quantitative estimate of drug-likeness (QED) is 0.679. The van der Waals surface area contributed by atoms with Crippen LogP contribution in [0.4, 0.5) is 0 Å². The largest absolute Gasteiger partial charge is 0.353 e. The van der Waals surface area contributed by atoms with Crippen LogP contribution in [0.3, 0.4) is 0 Å². The Morgan fingerprint density at radius 2 is 1.94 bits per heavy atom. The van der Waals surface area contributed by atoms with E-state index in [1.54, 1.807) is 0 Å². The highest BCUT2D eigenvalue weighted by molar-refractivity contribution is 7.91. The second kappa shape index (κ2) is 6.02. The summed E-state index contributed by atoms with van der Waals surface area (Å²) in [5.74, 6) is 0.701. The summed E-state index contributed by atoms with van der Waals surface area (Å²) in [5.41, 5.74) is 0. The van der Waals surface area contributed by atoms with E-state index in [-0.39, 0.29) is 17.7 Å². The Morgan fingerprint density at radius 3 is 2.61 bits per heavy atom. The third-order valence-corrected chi connectivity index (χ3v) is 5.24. The van der Waals surface area contributed by atoms with Crippen molar-refractivity contribution in [2.45, 2.75) is 50.6 Å². The molecule has 104 valence electrons. The van der Waals surface area contributed by atoms with E-state index in [9.17, 15) is 13.2 Å². The normalized spacial score (nSPS) is 26.8. The topological polar surface area (TPSA) is 75.3 Å². The van der Waals surface area contributed by atoms with Crippen LogP contribution in [0, 0.1) is 0 Å². The number of nitrogens with one attached hydrogen (secondary N) is 2. The van der Waals surface area contributed by atoms with E-state index >= 15 is 0 Å². The molecule has 1 saturated heterocycles. The van der Waals surface area contributed by atoms with E-state index in [2.05, 4.69) is 10.6 Å². The van der Waals surface area contributed by atoms with Crippen molar-refractivity contribution < 1.29 is 13.2 Å². The van der Waals surface area contributed by atoms with Crippen LogP contribution in [0.2, 0.25) is 0 Å². The summed E-state index contributed by atoms with van der Waals surface area (Å²) in [6.45, 7) is 0.721. The third-order valence-electron chi connectivity index (χ3n) is 3.42. The van der Waals surface area contributed by atoms with Crippen LogP contribution in [0.15, 0.2) is 0 Å². The summed E-state index contributed by atoms with van der Waals surface area (Å²) in [6.07, 6.45) is 5.21. The first-order valence-electron chi connectivity index (χ1n) is 6.78. The van der Waals surface area contributed by atoms with Gasteiger partial charge in [-0.3, -0.25) is 4.79 Å². The summed E-state index contributed by atoms with van der Waals surface area (Å²) in [7, 11) is -2.83. The van der Waals surface area contributed by atoms with Crippen molar-refractivity contribution in [1.29, 1.82) is 0 Å². The summed E-state index contributed by atoms with van der Waals surface area (Å²) in [5, 5.41) is 6.19. The van der Waals surface area contributed by atoms with Gasteiger partial charge in [0.15, 0.2) is 9.84 Å². The minimum Gasteiger partial charge on any atom is -0.353 e. The van der Waals surface area contributed by atoms with Gasteiger partial charge in [0.2, 0.25) is 5.91 Å². The van der Waals surface area contributed by atoms with Gasteiger partial charge in [-0.25, -0.2) is 8.42 Å². The second-order valence-corrected chi connectivity index (χ2v) is 7.58. The molecule has 1 aliphatic heterocycles. The predicted octanol–water partition coefficient (Wildman–Crippen LogP) is 0.212. The van der Waals surface area contributed by atoms with Gasteiger partial charge in [-0.15, -0.1) is 0 Å². The van der Waals surface area contributed by atoms with Gasteiger partial charge in [0.25, 0.3) is 0 Å². The average Bonchev–Trinajstić information content (AvgIpc) is 3.07. The van der Waals surface area contributed by atoms with E-state index in [4.69, 9.17) is 0 Å². The van der Waals surface area contributed by atoms with E-state index in [1.807, 2.05) is 0 Å². The van der Waals surface area contributed by atoms with E-state index in [0.717, 1.165) is 38.6 Å². The van der Waals surface area contributed by atoms with Gasteiger partial charge in [0.05, 0.1) is 11.5 Å². The first-order chi connectivity index (χ1) is 8.55. The molecular formula is C12H22N2O3S. The van der Waals surface area contributed by atoms with Crippen molar-refractivity contribution >= 4 is 15.7 Å². The second-order valence-electron chi connectivity index (χ2n) is 5.35. The molecule has 18 heavy (non-hydrogen) atoms. The lowest BCUT2D eigenvalue weighted by Crippen LogP contribution is -2.40. The van der Waals surface area contributed by atoms with Crippen LogP contribution in [-0.2, 0) is 14.6 Å². The van der Waals surface area contributed by atoms with Gasteiger partial charge in [-0.2, -0.15) is 0 Å². The van der Waals surface area contributed by atoms with Gasteiger partial charge in [-0.05, 0) is 38.6 Å². The molecular weight excluding hydrogens is 252 g/mol. The molecule has 0 bridgehead atoms. The molecule has 0 spiro atoms. The minimum atomic E-state index is -2.83. The van der Waals surface area contributed by atoms with Gasteiger partial charge >= 0.3 is 0 Å². The van der Waals surface area contributed by atoms with Crippen molar-refractivity contribution in [3.8, 4) is 0 Å². The fraction of sp³-hybridized carbons (Fsp3) is 0.917. The molecule has 1 aliphatic carbocycles. The molecule has 2 rings (SSSR count). The maximum absolute atomic E-state index is 11.4. The van der Waals surface area contributed by atoms with Crippen LogP contribution < -0.4 is 10.6 Å². The van der Waals surface area contributed by atoms with Crippen molar-refractivity contribution in [1.82, 2.24) is 10.6 Å². The van der Waals surface area contributed by atoms with Crippen LogP contribution in [0.1, 0.15) is 38.5 Å². The smallest absolute Gasteiger partial charge is 0.220 e. The van der Waals surface area contributed by atoms with Crippen LogP contribution >= 0.6 is 0 Å². The highest BCUT2D eigenvalue weighted by Gasteiger charge is 2.24. The molecule has 0 aromatic carbocycles. The van der Waals surface area contributed by atoms with Crippen LogP contribution in [-0.4, -0.2) is 44.5 Å². The SMILES string of the molecule is O=C(CCCNC1CCCS(=O)(=O)C1)NC1CC1. The number of hydrogen-bond acceptors (Lipinski definition) is 4. The Labute approximate surface area is 109 Å². The Bertz CT molecular complexity index is 390. The molecule has 2 aliphatic rings. The summed E-state index contributed by atoms with van der Waals surface area (Å²) >= 11 is 0. The van der Waals surface area contributed by atoms with Gasteiger partial charge in [-0.1, -0.05) is 0 Å². The lowest BCUT2D eigenvalue weighted by Gasteiger charge is -2.22. The number of rotatable bonds is 6. The molecule has 2 fully saturated rings. The van der Waals surface area contributed by atoms with Crippen molar-refractivity contribution in [2.75, 3.05) is 18.1 Å². The van der Waals surface area contributed by atoms with Crippen LogP contribution in [0.25, 0.3) is 0 Å². The van der Waals surface area contributed by atoms with E-state index in [1.165, 1.54) is 0 Å². The van der Waals surface area contributed by atoms with Crippen LogP contribution in [0.5, 0.6) is 0 Å². The molecule has 5 nitrogen and oxygen atoms in total.